The normalized spacial score (nSPS) is 19.5. The smallest absolute Gasteiger partial charge is 0.0784 e. The van der Waals surface area contributed by atoms with Gasteiger partial charge in [-0.15, -0.1) is 0 Å². The van der Waals surface area contributed by atoms with E-state index in [9.17, 15) is 5.11 Å². The molecule has 0 aliphatic heterocycles. The van der Waals surface area contributed by atoms with E-state index < -0.39 is 6.10 Å². The van der Waals surface area contributed by atoms with E-state index in [-0.39, 0.29) is 6.04 Å². The molecule has 3 N–H and O–H groups in total. The number of aliphatic hydroxyl groups is 1. The number of hydrogen-bond acceptors (Lipinski definition) is 3. The van der Waals surface area contributed by atoms with E-state index in [1.54, 1.807) is 0 Å². The van der Waals surface area contributed by atoms with Gasteiger partial charge in [-0.25, -0.2) is 0 Å². The molecular formula is C16H25NOS. The lowest BCUT2D eigenvalue weighted by Gasteiger charge is -2.19. The molecule has 2 atom stereocenters. The summed E-state index contributed by atoms with van der Waals surface area (Å²) in [6.07, 6.45) is 5.89. The van der Waals surface area contributed by atoms with Crippen molar-refractivity contribution in [1.82, 2.24) is 0 Å². The van der Waals surface area contributed by atoms with Gasteiger partial charge in [0.05, 0.1) is 6.10 Å². The van der Waals surface area contributed by atoms with Crippen LogP contribution in [0.25, 0.3) is 0 Å². The van der Waals surface area contributed by atoms with E-state index in [0.29, 0.717) is 0 Å². The van der Waals surface area contributed by atoms with Gasteiger partial charge in [0.1, 0.15) is 0 Å². The fraction of sp³-hybridized carbons (Fsp3) is 0.625. The molecule has 0 aromatic heterocycles. The molecule has 1 saturated carbocycles. The van der Waals surface area contributed by atoms with Crippen molar-refractivity contribution in [2.45, 2.75) is 44.2 Å². The Morgan fingerprint density at radius 3 is 2.58 bits per heavy atom. The van der Waals surface area contributed by atoms with Gasteiger partial charge in [-0.3, -0.25) is 0 Å². The second-order valence-electron chi connectivity index (χ2n) is 5.61. The van der Waals surface area contributed by atoms with Crippen LogP contribution in [0.1, 0.15) is 31.2 Å². The Labute approximate surface area is 120 Å². The largest absolute Gasteiger partial charge is 0.391 e. The van der Waals surface area contributed by atoms with Gasteiger partial charge < -0.3 is 10.8 Å². The van der Waals surface area contributed by atoms with Gasteiger partial charge in [0.2, 0.25) is 0 Å². The zero-order valence-electron chi connectivity index (χ0n) is 11.5. The predicted molar refractivity (Wildman–Crippen MR) is 83.4 cm³/mol. The molecule has 1 aliphatic rings. The van der Waals surface area contributed by atoms with Crippen LogP contribution in [0.2, 0.25) is 0 Å². The minimum absolute atomic E-state index is 0.154. The topological polar surface area (TPSA) is 46.2 Å². The Balaban J connectivity index is 1.65. The first-order valence-corrected chi connectivity index (χ1v) is 8.46. The van der Waals surface area contributed by atoms with Crippen molar-refractivity contribution < 1.29 is 5.11 Å². The molecule has 0 heterocycles. The summed E-state index contributed by atoms with van der Waals surface area (Å²) in [4.78, 5) is 0. The van der Waals surface area contributed by atoms with Gasteiger partial charge in [-0.1, -0.05) is 43.2 Å². The molecule has 3 heteroatoms. The van der Waals surface area contributed by atoms with Crippen LogP contribution in [0, 0.1) is 5.92 Å². The molecule has 1 fully saturated rings. The van der Waals surface area contributed by atoms with Crippen LogP contribution >= 0.6 is 11.8 Å². The van der Waals surface area contributed by atoms with Crippen LogP contribution in [-0.2, 0) is 6.42 Å². The summed E-state index contributed by atoms with van der Waals surface area (Å²) in [6, 6.07) is 10.0. The van der Waals surface area contributed by atoms with Crippen molar-refractivity contribution in [2.75, 3.05) is 11.5 Å². The number of hydrogen-bond donors (Lipinski definition) is 2. The lowest BCUT2D eigenvalue weighted by molar-refractivity contribution is 0.167. The molecule has 0 radical (unpaired) electrons. The minimum Gasteiger partial charge on any atom is -0.391 e. The monoisotopic (exact) mass is 279 g/mol. The van der Waals surface area contributed by atoms with E-state index in [1.165, 1.54) is 37.0 Å². The first-order chi connectivity index (χ1) is 9.25. The summed E-state index contributed by atoms with van der Waals surface area (Å²) in [5.74, 6) is 2.84. The third-order valence-corrected chi connectivity index (χ3v) is 5.21. The van der Waals surface area contributed by atoms with Crippen LogP contribution < -0.4 is 5.73 Å². The third kappa shape index (κ3) is 5.17. The molecule has 1 aromatic rings. The van der Waals surface area contributed by atoms with Crippen molar-refractivity contribution in [3.63, 3.8) is 0 Å². The van der Waals surface area contributed by atoms with Gasteiger partial charge in [0.15, 0.2) is 0 Å². The van der Waals surface area contributed by atoms with Crippen LogP contribution in [-0.4, -0.2) is 28.8 Å². The molecular weight excluding hydrogens is 254 g/mol. The zero-order valence-corrected chi connectivity index (χ0v) is 12.3. The molecule has 0 spiro atoms. The molecule has 2 nitrogen and oxygen atoms in total. The number of aliphatic hydroxyl groups excluding tert-OH is 1. The number of thioether (sulfide) groups is 1. The highest BCUT2D eigenvalue weighted by Gasteiger charge is 2.18. The Kier molecular flexibility index (Phi) is 6.21. The SMILES string of the molecule is NC(Cc1ccccc1)C(O)CSCC1CCCC1. The standard InChI is InChI=1S/C16H25NOS/c17-15(10-13-6-2-1-3-7-13)16(18)12-19-11-14-8-4-5-9-14/h1-3,6-7,14-16,18H,4-5,8-12,17H2. The van der Waals surface area contributed by atoms with Crippen molar-refractivity contribution in [1.29, 1.82) is 0 Å². The lowest BCUT2D eigenvalue weighted by Crippen LogP contribution is -2.38. The highest BCUT2D eigenvalue weighted by molar-refractivity contribution is 7.99. The molecule has 2 rings (SSSR count). The molecule has 1 aromatic carbocycles. The van der Waals surface area contributed by atoms with Crippen molar-refractivity contribution in [3.05, 3.63) is 35.9 Å². The highest BCUT2D eigenvalue weighted by Crippen LogP contribution is 2.28. The predicted octanol–water partition coefficient (Wildman–Crippen LogP) is 2.84. The number of nitrogens with two attached hydrogens (primary N) is 1. The molecule has 106 valence electrons. The molecule has 19 heavy (non-hydrogen) atoms. The van der Waals surface area contributed by atoms with Gasteiger partial charge in [-0.05, 0) is 36.5 Å². The number of rotatable bonds is 7. The zero-order chi connectivity index (χ0) is 13.5. The maximum absolute atomic E-state index is 10.1. The molecule has 2 unspecified atom stereocenters. The van der Waals surface area contributed by atoms with Gasteiger partial charge >= 0.3 is 0 Å². The average molecular weight is 279 g/mol. The summed E-state index contributed by atoms with van der Waals surface area (Å²) in [5, 5.41) is 10.1. The van der Waals surface area contributed by atoms with Crippen molar-refractivity contribution in [3.8, 4) is 0 Å². The first-order valence-electron chi connectivity index (χ1n) is 7.31. The lowest BCUT2D eigenvalue weighted by atomic mass is 10.0. The molecule has 1 aliphatic carbocycles. The first kappa shape index (κ1) is 14.9. The van der Waals surface area contributed by atoms with Crippen LogP contribution in [0.5, 0.6) is 0 Å². The summed E-state index contributed by atoms with van der Waals surface area (Å²) >= 11 is 1.87. The maximum atomic E-state index is 10.1. The van der Waals surface area contributed by atoms with Gasteiger partial charge in [0, 0.05) is 11.8 Å². The van der Waals surface area contributed by atoms with Gasteiger partial charge in [0.25, 0.3) is 0 Å². The molecule has 0 bridgehead atoms. The van der Waals surface area contributed by atoms with Crippen LogP contribution in [0.4, 0.5) is 0 Å². The summed E-state index contributed by atoms with van der Waals surface area (Å²) in [5.41, 5.74) is 7.28. The summed E-state index contributed by atoms with van der Waals surface area (Å²) in [7, 11) is 0. The summed E-state index contributed by atoms with van der Waals surface area (Å²) in [6.45, 7) is 0. The number of benzene rings is 1. The highest BCUT2D eigenvalue weighted by atomic mass is 32.2. The van der Waals surface area contributed by atoms with E-state index >= 15 is 0 Å². The summed E-state index contributed by atoms with van der Waals surface area (Å²) < 4.78 is 0. The third-order valence-electron chi connectivity index (χ3n) is 3.93. The second-order valence-corrected chi connectivity index (χ2v) is 6.68. The van der Waals surface area contributed by atoms with Gasteiger partial charge in [-0.2, -0.15) is 11.8 Å². The molecule has 0 amide bonds. The second kappa shape index (κ2) is 7.93. The Bertz CT molecular complexity index is 351. The average Bonchev–Trinajstić information content (AvgIpc) is 2.93. The Morgan fingerprint density at radius 1 is 1.21 bits per heavy atom. The fourth-order valence-electron chi connectivity index (χ4n) is 2.68. The van der Waals surface area contributed by atoms with E-state index in [0.717, 1.165) is 18.1 Å². The van der Waals surface area contributed by atoms with E-state index in [1.807, 2.05) is 30.0 Å². The Morgan fingerprint density at radius 2 is 1.89 bits per heavy atom. The van der Waals surface area contributed by atoms with E-state index in [2.05, 4.69) is 12.1 Å². The van der Waals surface area contributed by atoms with Crippen LogP contribution in [0.3, 0.4) is 0 Å². The van der Waals surface area contributed by atoms with Crippen LogP contribution in [0.15, 0.2) is 30.3 Å². The quantitative estimate of drug-likeness (QED) is 0.807. The van der Waals surface area contributed by atoms with Crippen molar-refractivity contribution >= 4 is 11.8 Å². The molecule has 0 saturated heterocycles. The van der Waals surface area contributed by atoms with Crippen molar-refractivity contribution in [2.24, 2.45) is 11.7 Å². The van der Waals surface area contributed by atoms with E-state index in [4.69, 9.17) is 5.73 Å². The Hall–Kier alpha value is -0.510. The maximum Gasteiger partial charge on any atom is 0.0784 e. The fourth-order valence-corrected chi connectivity index (χ4v) is 3.97. The minimum atomic E-state index is -0.397.